The number of nitrogens with zero attached hydrogens (tertiary/aromatic N) is 1. The number of hydrogen-bond donors (Lipinski definition) is 1. The second kappa shape index (κ2) is 6.86. The first kappa shape index (κ1) is 15.0. The van der Waals surface area contributed by atoms with Gasteiger partial charge in [-0.15, -0.1) is 0 Å². The predicted octanol–water partition coefficient (Wildman–Crippen LogP) is 4.38. The van der Waals surface area contributed by atoms with Crippen molar-refractivity contribution in [2.24, 2.45) is 0 Å². The van der Waals surface area contributed by atoms with E-state index in [9.17, 15) is 4.79 Å². The molecule has 20 heavy (non-hydrogen) atoms. The highest BCUT2D eigenvalue weighted by atomic mass is 79.9. The van der Waals surface area contributed by atoms with Crippen LogP contribution >= 0.6 is 27.5 Å². The molecule has 1 aromatic carbocycles. The van der Waals surface area contributed by atoms with Crippen molar-refractivity contribution in [3.63, 3.8) is 0 Å². The van der Waals surface area contributed by atoms with Crippen LogP contribution in [-0.4, -0.2) is 10.9 Å². The molecule has 1 N–H and O–H groups in total. The van der Waals surface area contributed by atoms with Crippen LogP contribution in [0.15, 0.2) is 47.1 Å². The minimum Gasteiger partial charge on any atom is -0.344 e. The van der Waals surface area contributed by atoms with E-state index in [1.165, 1.54) is 0 Å². The molecule has 0 bridgehead atoms. The molecule has 1 unspecified atom stereocenters. The number of nitrogens with one attached hydrogen (secondary N) is 1. The van der Waals surface area contributed by atoms with Gasteiger partial charge in [-0.25, -0.2) is 4.98 Å². The molecule has 0 saturated heterocycles. The molecule has 0 spiro atoms. The molecule has 0 aliphatic carbocycles. The summed E-state index contributed by atoms with van der Waals surface area (Å²) in [5.74, 6) is -0.195. The average Bonchev–Trinajstić information content (AvgIpc) is 2.46. The third kappa shape index (κ3) is 3.58. The molecule has 1 amide bonds. The van der Waals surface area contributed by atoms with Gasteiger partial charge in [-0.1, -0.05) is 30.7 Å². The summed E-state index contributed by atoms with van der Waals surface area (Å²) >= 11 is 9.21. The zero-order valence-corrected chi connectivity index (χ0v) is 13.3. The van der Waals surface area contributed by atoms with Crippen molar-refractivity contribution < 1.29 is 4.79 Å². The van der Waals surface area contributed by atoms with Gasteiger partial charge in [0, 0.05) is 15.7 Å². The number of carbonyl (C=O) groups is 1. The van der Waals surface area contributed by atoms with Crippen molar-refractivity contribution in [2.75, 3.05) is 0 Å². The molecule has 3 nitrogen and oxygen atoms in total. The largest absolute Gasteiger partial charge is 0.344 e. The Morgan fingerprint density at radius 1 is 1.35 bits per heavy atom. The van der Waals surface area contributed by atoms with Gasteiger partial charge >= 0.3 is 0 Å². The molecular formula is C15H14BrClN2O. The molecule has 2 rings (SSSR count). The average molecular weight is 354 g/mol. The van der Waals surface area contributed by atoms with E-state index in [1.54, 1.807) is 18.3 Å². The van der Waals surface area contributed by atoms with Gasteiger partial charge in [-0.2, -0.15) is 0 Å². The Labute approximate surface area is 131 Å². The standard InChI is InChI=1S/C15H14BrClN2O/c1-2-13(10-5-7-11(17)8-6-10)19-15(20)14-12(16)4-3-9-18-14/h3-9,13H,2H2,1H3,(H,19,20). The molecule has 0 fully saturated rings. The molecule has 1 atom stereocenters. The van der Waals surface area contributed by atoms with Gasteiger partial charge < -0.3 is 5.32 Å². The van der Waals surface area contributed by atoms with Crippen molar-refractivity contribution in [1.82, 2.24) is 10.3 Å². The Morgan fingerprint density at radius 2 is 2.05 bits per heavy atom. The maximum atomic E-state index is 12.2. The molecule has 0 aliphatic rings. The Balaban J connectivity index is 2.16. The van der Waals surface area contributed by atoms with Crippen LogP contribution in [0.2, 0.25) is 5.02 Å². The van der Waals surface area contributed by atoms with Crippen LogP contribution in [0.25, 0.3) is 0 Å². The summed E-state index contributed by atoms with van der Waals surface area (Å²) in [7, 11) is 0. The third-order valence-electron chi connectivity index (χ3n) is 2.96. The second-order valence-electron chi connectivity index (χ2n) is 4.32. The van der Waals surface area contributed by atoms with Crippen molar-refractivity contribution in [2.45, 2.75) is 19.4 Å². The van der Waals surface area contributed by atoms with Crippen molar-refractivity contribution in [3.05, 3.63) is 63.3 Å². The zero-order valence-electron chi connectivity index (χ0n) is 10.9. The quantitative estimate of drug-likeness (QED) is 0.886. The lowest BCUT2D eigenvalue weighted by Crippen LogP contribution is -2.29. The Bertz CT molecular complexity index is 601. The van der Waals surface area contributed by atoms with Crippen molar-refractivity contribution >= 4 is 33.4 Å². The summed E-state index contributed by atoms with van der Waals surface area (Å²) < 4.78 is 0.684. The zero-order chi connectivity index (χ0) is 14.5. The lowest BCUT2D eigenvalue weighted by molar-refractivity contribution is 0.0929. The summed E-state index contributed by atoms with van der Waals surface area (Å²) in [5.41, 5.74) is 1.41. The molecular weight excluding hydrogens is 340 g/mol. The monoisotopic (exact) mass is 352 g/mol. The number of halogens is 2. The topological polar surface area (TPSA) is 42.0 Å². The Morgan fingerprint density at radius 3 is 2.65 bits per heavy atom. The van der Waals surface area contributed by atoms with Gasteiger partial charge in [-0.3, -0.25) is 4.79 Å². The number of amides is 1. The van der Waals surface area contributed by atoms with E-state index < -0.39 is 0 Å². The van der Waals surface area contributed by atoms with E-state index in [0.717, 1.165) is 12.0 Å². The van der Waals surface area contributed by atoms with Crippen LogP contribution in [0.1, 0.15) is 35.4 Å². The molecule has 1 aromatic heterocycles. The molecule has 0 saturated carbocycles. The number of benzene rings is 1. The van der Waals surface area contributed by atoms with Crippen LogP contribution < -0.4 is 5.32 Å². The maximum Gasteiger partial charge on any atom is 0.271 e. The normalized spacial score (nSPS) is 11.9. The summed E-state index contributed by atoms with van der Waals surface area (Å²) in [6, 6.07) is 11.0. The molecule has 104 valence electrons. The number of rotatable bonds is 4. The van der Waals surface area contributed by atoms with Crippen LogP contribution in [0.4, 0.5) is 0 Å². The van der Waals surface area contributed by atoms with Gasteiger partial charge in [-0.05, 0) is 52.2 Å². The fourth-order valence-corrected chi connectivity index (χ4v) is 2.46. The fraction of sp³-hybridized carbons (Fsp3) is 0.200. The highest BCUT2D eigenvalue weighted by Crippen LogP contribution is 2.20. The Hall–Kier alpha value is -1.39. The first-order valence-corrected chi connectivity index (χ1v) is 7.45. The summed E-state index contributed by atoms with van der Waals surface area (Å²) in [6.07, 6.45) is 2.39. The smallest absolute Gasteiger partial charge is 0.271 e. The molecule has 2 aromatic rings. The number of carbonyl (C=O) groups excluding carboxylic acids is 1. The minimum absolute atomic E-state index is 0.0614. The van der Waals surface area contributed by atoms with Crippen molar-refractivity contribution in [3.8, 4) is 0 Å². The molecule has 1 heterocycles. The van der Waals surface area contributed by atoms with Crippen LogP contribution in [0, 0.1) is 0 Å². The summed E-state index contributed by atoms with van der Waals surface area (Å²) in [5, 5.41) is 3.67. The van der Waals surface area contributed by atoms with Crippen LogP contribution in [0.3, 0.4) is 0 Å². The van der Waals surface area contributed by atoms with Crippen LogP contribution in [-0.2, 0) is 0 Å². The molecule has 5 heteroatoms. The Kier molecular flexibility index (Phi) is 5.15. The number of aromatic nitrogens is 1. The van der Waals surface area contributed by atoms with Gasteiger partial charge in [0.15, 0.2) is 0 Å². The number of hydrogen-bond acceptors (Lipinski definition) is 2. The fourth-order valence-electron chi connectivity index (χ4n) is 1.90. The predicted molar refractivity (Wildman–Crippen MR) is 83.9 cm³/mol. The van der Waals surface area contributed by atoms with E-state index in [1.807, 2.05) is 31.2 Å². The van der Waals surface area contributed by atoms with E-state index >= 15 is 0 Å². The minimum atomic E-state index is -0.195. The lowest BCUT2D eigenvalue weighted by atomic mass is 10.0. The van der Waals surface area contributed by atoms with Crippen LogP contribution in [0.5, 0.6) is 0 Å². The summed E-state index contributed by atoms with van der Waals surface area (Å²) in [4.78, 5) is 16.3. The lowest BCUT2D eigenvalue weighted by Gasteiger charge is -2.17. The van der Waals surface area contributed by atoms with E-state index in [-0.39, 0.29) is 11.9 Å². The number of pyridine rings is 1. The van der Waals surface area contributed by atoms with Gasteiger partial charge in [0.1, 0.15) is 5.69 Å². The molecule has 0 radical (unpaired) electrons. The van der Waals surface area contributed by atoms with Crippen molar-refractivity contribution in [1.29, 1.82) is 0 Å². The third-order valence-corrected chi connectivity index (χ3v) is 3.85. The van der Waals surface area contributed by atoms with E-state index in [0.29, 0.717) is 15.2 Å². The first-order valence-electron chi connectivity index (χ1n) is 6.28. The van der Waals surface area contributed by atoms with Gasteiger partial charge in [0.05, 0.1) is 6.04 Å². The van der Waals surface area contributed by atoms with E-state index in [2.05, 4.69) is 26.2 Å². The second-order valence-corrected chi connectivity index (χ2v) is 5.61. The highest BCUT2D eigenvalue weighted by molar-refractivity contribution is 9.10. The first-order chi connectivity index (χ1) is 9.61. The maximum absolute atomic E-state index is 12.2. The summed E-state index contributed by atoms with van der Waals surface area (Å²) in [6.45, 7) is 2.02. The van der Waals surface area contributed by atoms with Gasteiger partial charge in [0.25, 0.3) is 5.91 Å². The SMILES string of the molecule is CCC(NC(=O)c1ncccc1Br)c1ccc(Cl)cc1. The van der Waals surface area contributed by atoms with Gasteiger partial charge in [0.2, 0.25) is 0 Å². The molecule has 0 aliphatic heterocycles. The van der Waals surface area contributed by atoms with E-state index in [4.69, 9.17) is 11.6 Å². The highest BCUT2D eigenvalue weighted by Gasteiger charge is 2.16.